The highest BCUT2D eigenvalue weighted by Gasteiger charge is 2.35. The average Bonchev–Trinajstić information content (AvgIpc) is 3.99. The van der Waals surface area contributed by atoms with Crippen LogP contribution in [0.3, 0.4) is 0 Å². The Bertz CT molecular complexity index is 3460. The summed E-state index contributed by atoms with van der Waals surface area (Å²) in [5, 5.41) is 3.67. The molecule has 0 saturated heterocycles. The van der Waals surface area contributed by atoms with Gasteiger partial charge in [-0.1, -0.05) is 105 Å². The summed E-state index contributed by atoms with van der Waals surface area (Å²) in [6.45, 7) is 4.67. The molecule has 62 heavy (non-hydrogen) atoms. The van der Waals surface area contributed by atoms with E-state index in [-0.39, 0.29) is 5.41 Å². The highest BCUT2D eigenvalue weighted by Crippen LogP contribution is 2.51. The quantitative estimate of drug-likeness (QED) is 0.161. The van der Waals surface area contributed by atoms with Crippen LogP contribution in [0.4, 0.5) is 17.1 Å². The van der Waals surface area contributed by atoms with Crippen molar-refractivity contribution in [1.82, 2.24) is 24.1 Å². The van der Waals surface area contributed by atoms with Gasteiger partial charge < -0.3 is 14.0 Å². The molecule has 0 atom stereocenters. The van der Waals surface area contributed by atoms with Crippen LogP contribution in [0.1, 0.15) is 25.0 Å². The molecule has 3 aromatic heterocycles. The molecule has 12 rings (SSSR count). The molecule has 0 saturated carbocycles. The SMILES string of the molecule is CC1(C)c2ccccc2-c2ccc(N(c3ccc(-c4ccc5c(c4)c4ccc6c(ccn6-c6ccccc6)c4n5-c4ccccc4)cc3)c3ccc(-c4ncncn4)cc3)cc21. The Kier molecular flexibility index (Phi) is 8.09. The monoisotopic (exact) mass is 796 g/mol. The molecule has 11 aromatic rings. The van der Waals surface area contributed by atoms with Crippen molar-refractivity contribution in [1.29, 1.82) is 0 Å². The molecule has 0 N–H and O–H groups in total. The summed E-state index contributed by atoms with van der Waals surface area (Å²) in [5.41, 5.74) is 17.5. The standard InChI is InChI=1S/C56H40N6/c1-56(2)50-16-10-9-15-45(50)46-27-26-44(34-51(46)56)61(43-24-19-38(20-25-43)55-58-35-57-36-59-55)42-22-17-37(18-23-42)39-21-29-53-49(33-39)47-28-30-52-48(31-32-60(52)40-11-5-3-6-12-40)54(47)62(53)41-13-7-4-8-14-41/h3-36H,1-2H3. The van der Waals surface area contributed by atoms with Crippen LogP contribution in [-0.4, -0.2) is 24.1 Å². The lowest BCUT2D eigenvalue weighted by Crippen LogP contribution is -2.16. The number of hydrogen-bond donors (Lipinski definition) is 0. The molecule has 1 aliphatic carbocycles. The van der Waals surface area contributed by atoms with Crippen LogP contribution in [0.5, 0.6) is 0 Å². The van der Waals surface area contributed by atoms with Gasteiger partial charge in [-0.25, -0.2) is 15.0 Å². The first-order valence-electron chi connectivity index (χ1n) is 21.1. The van der Waals surface area contributed by atoms with E-state index in [1.54, 1.807) is 0 Å². The first-order valence-corrected chi connectivity index (χ1v) is 21.1. The number of hydrogen-bond acceptors (Lipinski definition) is 4. The molecule has 8 aromatic carbocycles. The van der Waals surface area contributed by atoms with E-state index in [0.717, 1.165) is 39.6 Å². The molecule has 6 heteroatoms. The van der Waals surface area contributed by atoms with Gasteiger partial charge in [-0.2, -0.15) is 0 Å². The van der Waals surface area contributed by atoms with Crippen molar-refractivity contribution in [2.75, 3.05) is 4.90 Å². The van der Waals surface area contributed by atoms with E-state index in [2.05, 4.69) is 237 Å². The topological polar surface area (TPSA) is 51.8 Å². The maximum absolute atomic E-state index is 4.39. The number of benzene rings is 8. The molecule has 3 heterocycles. The maximum Gasteiger partial charge on any atom is 0.162 e. The summed E-state index contributed by atoms with van der Waals surface area (Å²) in [4.78, 5) is 15.1. The summed E-state index contributed by atoms with van der Waals surface area (Å²) < 4.78 is 4.71. The Labute approximate surface area is 359 Å². The third-order valence-corrected chi connectivity index (χ3v) is 12.8. The highest BCUT2D eigenvalue weighted by molar-refractivity contribution is 6.19. The van der Waals surface area contributed by atoms with Crippen LogP contribution in [0, 0.1) is 0 Å². The minimum Gasteiger partial charge on any atom is -0.316 e. The van der Waals surface area contributed by atoms with Gasteiger partial charge in [0.2, 0.25) is 0 Å². The zero-order valence-corrected chi connectivity index (χ0v) is 34.3. The fraction of sp³-hybridized carbons (Fsp3) is 0.0536. The molecule has 0 bridgehead atoms. The van der Waals surface area contributed by atoms with Gasteiger partial charge in [0, 0.05) is 61.8 Å². The molecule has 0 unspecified atom stereocenters. The van der Waals surface area contributed by atoms with Crippen LogP contribution in [0.25, 0.3) is 77.7 Å². The van der Waals surface area contributed by atoms with E-state index in [4.69, 9.17) is 0 Å². The van der Waals surface area contributed by atoms with Crippen LogP contribution in [0.2, 0.25) is 0 Å². The van der Waals surface area contributed by atoms with E-state index in [1.807, 2.05) is 0 Å². The Morgan fingerprint density at radius 2 is 1.06 bits per heavy atom. The number of rotatable bonds is 7. The van der Waals surface area contributed by atoms with E-state index in [1.165, 1.54) is 73.2 Å². The lowest BCUT2D eigenvalue weighted by Gasteiger charge is -2.28. The summed E-state index contributed by atoms with van der Waals surface area (Å²) in [6, 6.07) is 68.3. The molecular weight excluding hydrogens is 757 g/mol. The van der Waals surface area contributed by atoms with Crippen molar-refractivity contribution in [3.8, 4) is 45.0 Å². The van der Waals surface area contributed by atoms with Crippen molar-refractivity contribution in [2.24, 2.45) is 0 Å². The molecule has 0 spiro atoms. The number of fused-ring (bicyclic) bond motifs is 8. The Morgan fingerprint density at radius 1 is 0.452 bits per heavy atom. The molecular formula is C56H40N6. The van der Waals surface area contributed by atoms with E-state index in [9.17, 15) is 0 Å². The van der Waals surface area contributed by atoms with Gasteiger partial charge in [0.05, 0.1) is 16.6 Å². The molecule has 0 fully saturated rings. The highest BCUT2D eigenvalue weighted by atomic mass is 15.1. The van der Waals surface area contributed by atoms with Crippen molar-refractivity contribution in [3.05, 3.63) is 218 Å². The summed E-state index contributed by atoms with van der Waals surface area (Å²) in [5.74, 6) is 0.651. The van der Waals surface area contributed by atoms with Crippen LogP contribution in [0.15, 0.2) is 207 Å². The molecule has 0 radical (unpaired) electrons. The molecule has 6 nitrogen and oxygen atoms in total. The maximum atomic E-state index is 4.39. The average molecular weight is 797 g/mol. The minimum atomic E-state index is -0.125. The molecule has 0 amide bonds. The third-order valence-electron chi connectivity index (χ3n) is 12.8. The van der Waals surface area contributed by atoms with E-state index >= 15 is 0 Å². The summed E-state index contributed by atoms with van der Waals surface area (Å²) in [6.07, 6.45) is 5.27. The van der Waals surface area contributed by atoms with Gasteiger partial charge in [-0.05, 0) is 130 Å². The number of nitrogens with zero attached hydrogens (tertiary/aromatic N) is 6. The van der Waals surface area contributed by atoms with Crippen molar-refractivity contribution >= 4 is 49.8 Å². The predicted octanol–water partition coefficient (Wildman–Crippen LogP) is 14.0. The first-order chi connectivity index (χ1) is 30.5. The Balaban J connectivity index is 0.972. The molecule has 0 aliphatic heterocycles. The summed E-state index contributed by atoms with van der Waals surface area (Å²) >= 11 is 0. The lowest BCUT2D eigenvalue weighted by molar-refractivity contribution is 0.660. The number of aromatic nitrogens is 5. The largest absolute Gasteiger partial charge is 0.316 e. The molecule has 1 aliphatic rings. The smallest absolute Gasteiger partial charge is 0.162 e. The van der Waals surface area contributed by atoms with Gasteiger partial charge in [-0.3, -0.25) is 0 Å². The zero-order valence-electron chi connectivity index (χ0n) is 34.3. The van der Waals surface area contributed by atoms with Crippen LogP contribution in [-0.2, 0) is 5.41 Å². The van der Waals surface area contributed by atoms with Crippen LogP contribution >= 0.6 is 0 Å². The van der Waals surface area contributed by atoms with Crippen LogP contribution < -0.4 is 4.90 Å². The van der Waals surface area contributed by atoms with E-state index in [0.29, 0.717) is 5.82 Å². The summed E-state index contributed by atoms with van der Waals surface area (Å²) in [7, 11) is 0. The zero-order chi connectivity index (χ0) is 41.4. The number of para-hydroxylation sites is 2. The third kappa shape index (κ3) is 5.61. The second-order valence-corrected chi connectivity index (χ2v) is 16.6. The minimum absolute atomic E-state index is 0.125. The van der Waals surface area contributed by atoms with Gasteiger partial charge in [0.1, 0.15) is 12.7 Å². The normalized spacial score (nSPS) is 12.8. The van der Waals surface area contributed by atoms with Crippen molar-refractivity contribution in [3.63, 3.8) is 0 Å². The first kappa shape index (κ1) is 35.8. The second-order valence-electron chi connectivity index (χ2n) is 16.6. The second kappa shape index (κ2) is 14.0. The Hall–Kier alpha value is -8.09. The predicted molar refractivity (Wildman–Crippen MR) is 254 cm³/mol. The van der Waals surface area contributed by atoms with Crippen molar-refractivity contribution < 1.29 is 0 Å². The van der Waals surface area contributed by atoms with Gasteiger partial charge >= 0.3 is 0 Å². The number of anilines is 3. The Morgan fingerprint density at radius 3 is 1.81 bits per heavy atom. The van der Waals surface area contributed by atoms with Gasteiger partial charge in [0.25, 0.3) is 0 Å². The fourth-order valence-electron chi connectivity index (χ4n) is 9.79. The van der Waals surface area contributed by atoms with Crippen molar-refractivity contribution in [2.45, 2.75) is 19.3 Å². The van der Waals surface area contributed by atoms with Gasteiger partial charge in [-0.15, -0.1) is 0 Å². The lowest BCUT2D eigenvalue weighted by atomic mass is 9.82. The van der Waals surface area contributed by atoms with Gasteiger partial charge in [0.15, 0.2) is 5.82 Å². The molecule has 294 valence electrons. The fourth-order valence-corrected chi connectivity index (χ4v) is 9.79. The van der Waals surface area contributed by atoms with E-state index < -0.39 is 0 Å².